The van der Waals surface area contributed by atoms with Crippen molar-refractivity contribution < 1.29 is 9.59 Å². The number of carbonyl (C=O) groups excluding carboxylic acids is 2. The van der Waals surface area contributed by atoms with Crippen molar-refractivity contribution in [2.75, 3.05) is 0 Å². The minimum Gasteiger partial charge on any atom is -0.279 e. The van der Waals surface area contributed by atoms with E-state index in [9.17, 15) is 9.59 Å². The molecule has 0 spiro atoms. The quantitative estimate of drug-likeness (QED) is 0.434. The molecule has 0 aromatic heterocycles. The van der Waals surface area contributed by atoms with Crippen LogP contribution in [0.25, 0.3) is 0 Å². The van der Waals surface area contributed by atoms with Crippen LogP contribution in [0.5, 0.6) is 0 Å². The van der Waals surface area contributed by atoms with Crippen molar-refractivity contribution in [3.05, 3.63) is 105 Å². The molecule has 30 heavy (non-hydrogen) atoms. The Morgan fingerprint density at radius 2 is 1.10 bits per heavy atom. The number of hydrogen-bond donors (Lipinski definition) is 0. The van der Waals surface area contributed by atoms with Gasteiger partial charge >= 0.3 is 0 Å². The fraction of sp³-hybridized carbons (Fsp3) is 0.143. The minimum atomic E-state index is -0.218. The van der Waals surface area contributed by atoms with Crippen LogP contribution in [0, 0.1) is 51.4 Å². The minimum absolute atomic E-state index is 0.172. The Bertz CT molecular complexity index is 1210. The smallest absolute Gasteiger partial charge is 0.236 e. The molecule has 0 amide bonds. The molecule has 2 nitrogen and oxygen atoms in total. The van der Waals surface area contributed by atoms with E-state index in [1.165, 1.54) is 0 Å². The molecule has 0 radical (unpaired) electrons. The number of ketones is 2. The highest BCUT2D eigenvalue weighted by Gasteiger charge is 2.13. The van der Waals surface area contributed by atoms with Gasteiger partial charge in [0.2, 0.25) is 11.6 Å². The van der Waals surface area contributed by atoms with Gasteiger partial charge in [-0.2, -0.15) is 0 Å². The van der Waals surface area contributed by atoms with Crippen LogP contribution in [0.4, 0.5) is 0 Å². The number of rotatable bonds is 2. The summed E-state index contributed by atoms with van der Waals surface area (Å²) in [6.07, 6.45) is 0. The molecule has 3 aromatic carbocycles. The molecular weight excluding hydrogens is 368 g/mol. The largest absolute Gasteiger partial charge is 0.279 e. The maximum absolute atomic E-state index is 12.7. The lowest BCUT2D eigenvalue weighted by Crippen LogP contribution is -2.05. The Morgan fingerprint density at radius 3 is 1.60 bits per heavy atom. The van der Waals surface area contributed by atoms with Crippen molar-refractivity contribution in [2.24, 2.45) is 0 Å². The molecule has 146 valence electrons. The van der Waals surface area contributed by atoms with Crippen molar-refractivity contribution in [2.45, 2.75) is 27.7 Å². The molecule has 2 heteroatoms. The van der Waals surface area contributed by atoms with E-state index in [4.69, 9.17) is 0 Å². The second-order valence-electron chi connectivity index (χ2n) is 7.24. The molecule has 0 saturated carbocycles. The van der Waals surface area contributed by atoms with E-state index < -0.39 is 0 Å². The van der Waals surface area contributed by atoms with E-state index in [1.807, 2.05) is 45.9 Å². The molecule has 0 heterocycles. The molecule has 0 atom stereocenters. The number of Topliss-reactive ketones (excluding diaryl/α,β-unsaturated/α-hetero) is 2. The van der Waals surface area contributed by atoms with Crippen molar-refractivity contribution >= 4 is 11.6 Å². The predicted octanol–water partition coefficient (Wildman–Crippen LogP) is 5.39. The van der Waals surface area contributed by atoms with Gasteiger partial charge in [-0.15, -0.1) is 0 Å². The third kappa shape index (κ3) is 4.75. The first-order valence-corrected chi connectivity index (χ1v) is 9.72. The van der Waals surface area contributed by atoms with Gasteiger partial charge < -0.3 is 0 Å². The van der Waals surface area contributed by atoms with Crippen molar-refractivity contribution in [1.82, 2.24) is 0 Å². The molecule has 0 unspecified atom stereocenters. The maximum atomic E-state index is 12.7. The van der Waals surface area contributed by atoms with Crippen LogP contribution in [-0.4, -0.2) is 11.6 Å². The monoisotopic (exact) mass is 390 g/mol. The molecule has 0 aliphatic heterocycles. The topological polar surface area (TPSA) is 34.1 Å². The van der Waals surface area contributed by atoms with Gasteiger partial charge in [-0.3, -0.25) is 9.59 Å². The molecule has 0 aliphatic carbocycles. The Hall–Kier alpha value is -3.88. The zero-order valence-corrected chi connectivity index (χ0v) is 17.6. The summed E-state index contributed by atoms with van der Waals surface area (Å²) < 4.78 is 0. The molecule has 0 saturated heterocycles. The van der Waals surface area contributed by atoms with Crippen LogP contribution < -0.4 is 0 Å². The highest BCUT2D eigenvalue weighted by Crippen LogP contribution is 2.22. The Morgan fingerprint density at radius 1 is 0.633 bits per heavy atom. The maximum Gasteiger partial charge on any atom is 0.236 e. The number of carbonyl (C=O) groups is 2. The lowest BCUT2D eigenvalue weighted by molar-refractivity contribution is 0.104. The van der Waals surface area contributed by atoms with Crippen molar-refractivity contribution in [3.63, 3.8) is 0 Å². The second kappa shape index (κ2) is 9.08. The van der Waals surface area contributed by atoms with E-state index in [0.717, 1.165) is 33.4 Å². The molecule has 3 rings (SSSR count). The Kier molecular flexibility index (Phi) is 6.31. The summed E-state index contributed by atoms with van der Waals surface area (Å²) in [7, 11) is 0. The highest BCUT2D eigenvalue weighted by molar-refractivity contribution is 6.11. The molecule has 0 aliphatic rings. The second-order valence-corrected chi connectivity index (χ2v) is 7.24. The predicted molar refractivity (Wildman–Crippen MR) is 121 cm³/mol. The fourth-order valence-corrected chi connectivity index (χ4v) is 3.18. The lowest BCUT2D eigenvalue weighted by Gasteiger charge is -2.11. The number of aryl methyl sites for hydroxylation is 2. The third-order valence-electron chi connectivity index (χ3n) is 5.15. The van der Waals surface area contributed by atoms with Crippen LogP contribution in [0.1, 0.15) is 54.1 Å². The van der Waals surface area contributed by atoms with E-state index in [2.05, 4.69) is 29.7 Å². The average Bonchev–Trinajstić information content (AvgIpc) is 2.76. The zero-order valence-electron chi connectivity index (χ0n) is 17.6. The molecular formula is C28H22O2. The molecule has 3 aromatic rings. The SMILES string of the molecule is Cc1cc(C)c(C)c(C(=O)C#Cc2ccc(C#CC(=O)c3ccccc3)cc2)c1C. The van der Waals surface area contributed by atoms with Crippen LogP contribution >= 0.6 is 0 Å². The molecule has 0 bridgehead atoms. The number of hydrogen-bond acceptors (Lipinski definition) is 2. The molecule has 0 N–H and O–H groups in total. The zero-order chi connectivity index (χ0) is 21.7. The summed E-state index contributed by atoms with van der Waals surface area (Å²) >= 11 is 0. The van der Waals surface area contributed by atoms with Crippen LogP contribution in [0.3, 0.4) is 0 Å². The normalized spacial score (nSPS) is 9.73. The summed E-state index contributed by atoms with van der Waals surface area (Å²) in [4.78, 5) is 24.8. The Labute approximate surface area is 178 Å². The van der Waals surface area contributed by atoms with Gasteiger partial charge in [-0.1, -0.05) is 48.2 Å². The molecule has 0 fully saturated rings. The van der Waals surface area contributed by atoms with Gasteiger partial charge in [0.1, 0.15) is 0 Å². The van der Waals surface area contributed by atoms with Gasteiger partial charge in [0.25, 0.3) is 0 Å². The van der Waals surface area contributed by atoms with Crippen molar-refractivity contribution in [1.29, 1.82) is 0 Å². The standard InChI is InChI=1S/C28H22O2/c1-19-18-20(2)22(4)28(21(19)3)27(30)17-15-24-12-10-23(11-13-24)14-16-26(29)25-8-6-5-7-9-25/h5-13,18H,1-4H3. The average molecular weight is 390 g/mol. The summed E-state index contributed by atoms with van der Waals surface area (Å²) in [5.41, 5.74) is 6.86. The van der Waals surface area contributed by atoms with Crippen LogP contribution in [0.2, 0.25) is 0 Å². The lowest BCUT2D eigenvalue weighted by atomic mass is 9.92. The summed E-state index contributed by atoms with van der Waals surface area (Å²) in [6, 6.07) is 18.3. The summed E-state index contributed by atoms with van der Waals surface area (Å²) in [5.74, 6) is 10.8. The summed E-state index contributed by atoms with van der Waals surface area (Å²) in [5, 5.41) is 0. The van der Waals surface area contributed by atoms with Gasteiger partial charge in [0, 0.05) is 22.3 Å². The van der Waals surface area contributed by atoms with E-state index in [-0.39, 0.29) is 11.6 Å². The van der Waals surface area contributed by atoms with E-state index >= 15 is 0 Å². The fourth-order valence-electron chi connectivity index (χ4n) is 3.18. The Balaban J connectivity index is 1.77. The van der Waals surface area contributed by atoms with Gasteiger partial charge in [-0.25, -0.2) is 0 Å². The summed E-state index contributed by atoms with van der Waals surface area (Å²) in [6.45, 7) is 7.93. The van der Waals surface area contributed by atoms with Crippen LogP contribution in [0.15, 0.2) is 60.7 Å². The van der Waals surface area contributed by atoms with E-state index in [0.29, 0.717) is 11.1 Å². The first-order valence-electron chi connectivity index (χ1n) is 9.72. The highest BCUT2D eigenvalue weighted by atomic mass is 16.1. The van der Waals surface area contributed by atoms with Crippen molar-refractivity contribution in [3.8, 4) is 23.7 Å². The first-order chi connectivity index (χ1) is 14.4. The number of benzene rings is 3. The van der Waals surface area contributed by atoms with E-state index in [1.54, 1.807) is 36.4 Å². The third-order valence-corrected chi connectivity index (χ3v) is 5.15. The van der Waals surface area contributed by atoms with Gasteiger partial charge in [-0.05, 0) is 86.1 Å². The van der Waals surface area contributed by atoms with Crippen LogP contribution in [-0.2, 0) is 0 Å². The first kappa shape index (κ1) is 20.8. The van der Waals surface area contributed by atoms with Gasteiger partial charge in [0.15, 0.2) is 0 Å². The van der Waals surface area contributed by atoms with Gasteiger partial charge in [0.05, 0.1) is 0 Å².